The van der Waals surface area contributed by atoms with Crippen LogP contribution in [0.1, 0.15) is 44.2 Å². The zero-order chi connectivity index (χ0) is 20.1. The molecule has 3 atom stereocenters. The van der Waals surface area contributed by atoms with Crippen LogP contribution in [0.3, 0.4) is 0 Å². The Balaban J connectivity index is 1.75. The van der Waals surface area contributed by atoms with Crippen LogP contribution in [0.5, 0.6) is 0 Å². The lowest BCUT2D eigenvalue weighted by atomic mass is 9.93. The number of piperazine rings is 1. The molecular weight excluding hydrogens is 358 g/mol. The van der Waals surface area contributed by atoms with Gasteiger partial charge in [-0.05, 0) is 18.4 Å². The molecule has 152 valence electrons. The minimum Gasteiger partial charge on any atom is -0.469 e. The molecule has 0 aromatic heterocycles. The molecule has 2 aliphatic heterocycles. The fraction of sp³-hybridized carbons (Fsp3) is 0.571. The number of fused-ring (bicyclic) bond motifs is 1. The first-order valence-corrected chi connectivity index (χ1v) is 10.0. The van der Waals surface area contributed by atoms with Crippen molar-refractivity contribution in [2.45, 2.75) is 44.7 Å². The van der Waals surface area contributed by atoms with Gasteiger partial charge in [-0.25, -0.2) is 4.79 Å². The Bertz CT molecular complexity index is 709. The average Bonchev–Trinajstić information content (AvgIpc) is 3.11. The van der Waals surface area contributed by atoms with Crippen molar-refractivity contribution in [3.8, 4) is 0 Å². The van der Waals surface area contributed by atoms with Crippen LogP contribution in [0, 0.1) is 5.92 Å². The van der Waals surface area contributed by atoms with Crippen LogP contribution < -0.4 is 5.32 Å². The molecule has 0 aliphatic carbocycles. The number of unbranched alkanes of at least 4 members (excludes halogenated alkanes) is 2. The molecule has 0 unspecified atom stereocenters. The highest BCUT2D eigenvalue weighted by Gasteiger charge is 2.51. The van der Waals surface area contributed by atoms with Crippen LogP contribution in [-0.4, -0.2) is 60.5 Å². The van der Waals surface area contributed by atoms with E-state index >= 15 is 0 Å². The number of benzene rings is 1. The van der Waals surface area contributed by atoms with Gasteiger partial charge in [-0.15, -0.1) is 0 Å². The quantitative estimate of drug-likeness (QED) is 0.600. The first-order valence-electron chi connectivity index (χ1n) is 10.0. The normalized spacial score (nSPS) is 24.1. The molecule has 3 rings (SSSR count). The second kappa shape index (κ2) is 9.08. The van der Waals surface area contributed by atoms with E-state index in [2.05, 4.69) is 12.2 Å². The van der Waals surface area contributed by atoms with Gasteiger partial charge < -0.3 is 19.9 Å². The fourth-order valence-electron chi connectivity index (χ4n) is 4.30. The zero-order valence-corrected chi connectivity index (χ0v) is 16.6. The number of ether oxygens (including phenoxy) is 1. The summed E-state index contributed by atoms with van der Waals surface area (Å²) in [5.41, 5.74) is 0.922. The number of nitrogens with one attached hydrogen (secondary N) is 1. The minimum atomic E-state index is -0.422. The van der Waals surface area contributed by atoms with E-state index in [1.165, 1.54) is 7.11 Å². The summed E-state index contributed by atoms with van der Waals surface area (Å²) in [5.74, 6) is -0.860. The molecule has 1 aromatic rings. The summed E-state index contributed by atoms with van der Waals surface area (Å²) < 4.78 is 5.01. The Morgan fingerprint density at radius 2 is 1.96 bits per heavy atom. The van der Waals surface area contributed by atoms with Gasteiger partial charge in [0.15, 0.2) is 0 Å². The Hall–Kier alpha value is -2.57. The number of urea groups is 1. The Kier molecular flexibility index (Phi) is 6.54. The van der Waals surface area contributed by atoms with E-state index in [1.807, 2.05) is 30.3 Å². The zero-order valence-electron chi connectivity index (χ0n) is 16.6. The van der Waals surface area contributed by atoms with E-state index in [-0.39, 0.29) is 36.5 Å². The number of nitrogens with zero attached hydrogens (tertiary/aromatic N) is 2. The number of carbonyl (C=O) groups is 3. The highest BCUT2D eigenvalue weighted by atomic mass is 16.5. The third kappa shape index (κ3) is 4.13. The Labute approximate surface area is 166 Å². The molecule has 0 saturated carbocycles. The third-order valence-electron chi connectivity index (χ3n) is 5.63. The van der Waals surface area contributed by atoms with Gasteiger partial charge in [0.1, 0.15) is 6.54 Å². The lowest BCUT2D eigenvalue weighted by Crippen LogP contribution is -2.57. The molecule has 0 radical (unpaired) electrons. The summed E-state index contributed by atoms with van der Waals surface area (Å²) in [5, 5.41) is 2.90. The lowest BCUT2D eigenvalue weighted by Gasteiger charge is -2.40. The van der Waals surface area contributed by atoms with Gasteiger partial charge in [0.25, 0.3) is 0 Å². The smallest absolute Gasteiger partial charge is 0.317 e. The maximum absolute atomic E-state index is 13.0. The SMILES string of the molecule is CCCCCNC(=O)N1CC(=O)N2[C@@H](C[C@H](C(=O)OC)[C@@H]2c2ccccc2)C1. The van der Waals surface area contributed by atoms with Crippen molar-refractivity contribution in [3.05, 3.63) is 35.9 Å². The van der Waals surface area contributed by atoms with Crippen LogP contribution in [0.2, 0.25) is 0 Å². The molecule has 28 heavy (non-hydrogen) atoms. The summed E-state index contributed by atoms with van der Waals surface area (Å²) in [6.45, 7) is 3.19. The third-order valence-corrected chi connectivity index (χ3v) is 5.63. The van der Waals surface area contributed by atoms with Crippen LogP contribution in [-0.2, 0) is 14.3 Å². The standard InChI is InChI=1S/C21H29N3O4/c1-3-4-8-11-22-21(27)23-13-16-12-17(20(26)28-2)19(24(16)18(25)14-23)15-9-6-5-7-10-15/h5-7,9-10,16-17,19H,3-4,8,11-14H2,1-2H3,(H,22,27)/t16-,17-,19-/m0/s1. The summed E-state index contributed by atoms with van der Waals surface area (Å²) in [7, 11) is 1.37. The Morgan fingerprint density at radius 3 is 2.64 bits per heavy atom. The molecule has 1 aromatic carbocycles. The van der Waals surface area contributed by atoms with Crippen molar-refractivity contribution in [3.63, 3.8) is 0 Å². The summed E-state index contributed by atoms with van der Waals surface area (Å²) in [6.07, 6.45) is 3.58. The monoisotopic (exact) mass is 387 g/mol. The van der Waals surface area contributed by atoms with Crippen LogP contribution in [0.15, 0.2) is 30.3 Å². The number of hydrogen-bond acceptors (Lipinski definition) is 4. The number of carbonyl (C=O) groups excluding carboxylic acids is 3. The van der Waals surface area contributed by atoms with Crippen molar-refractivity contribution in [2.24, 2.45) is 5.92 Å². The van der Waals surface area contributed by atoms with E-state index in [9.17, 15) is 14.4 Å². The maximum Gasteiger partial charge on any atom is 0.317 e. The molecule has 0 spiro atoms. The van der Waals surface area contributed by atoms with Gasteiger partial charge >= 0.3 is 12.0 Å². The van der Waals surface area contributed by atoms with Crippen LogP contribution >= 0.6 is 0 Å². The van der Waals surface area contributed by atoms with Gasteiger partial charge in [0.2, 0.25) is 5.91 Å². The maximum atomic E-state index is 13.0. The van der Waals surface area contributed by atoms with Crippen LogP contribution in [0.25, 0.3) is 0 Å². The number of rotatable bonds is 6. The molecule has 1 N–H and O–H groups in total. The number of hydrogen-bond donors (Lipinski definition) is 1. The summed E-state index contributed by atoms with van der Waals surface area (Å²) in [4.78, 5) is 41.2. The van der Waals surface area contributed by atoms with E-state index in [1.54, 1.807) is 9.80 Å². The second-order valence-corrected chi connectivity index (χ2v) is 7.50. The molecule has 0 bridgehead atoms. The number of methoxy groups -OCH3 is 1. The van der Waals surface area contributed by atoms with Crippen LogP contribution in [0.4, 0.5) is 4.79 Å². The Morgan fingerprint density at radius 1 is 1.21 bits per heavy atom. The highest BCUT2D eigenvalue weighted by molar-refractivity contribution is 5.87. The summed E-state index contributed by atoms with van der Waals surface area (Å²) >= 11 is 0. The first kappa shape index (κ1) is 20.2. The lowest BCUT2D eigenvalue weighted by molar-refractivity contribution is -0.147. The van der Waals surface area contributed by atoms with Gasteiger partial charge in [-0.3, -0.25) is 9.59 Å². The molecule has 2 aliphatic rings. The molecule has 7 heteroatoms. The molecular formula is C21H29N3O4. The molecule has 2 saturated heterocycles. The van der Waals surface area contributed by atoms with E-state index < -0.39 is 5.92 Å². The van der Waals surface area contributed by atoms with Crippen molar-refractivity contribution < 1.29 is 19.1 Å². The van der Waals surface area contributed by atoms with Gasteiger partial charge in [-0.1, -0.05) is 50.1 Å². The van der Waals surface area contributed by atoms with E-state index in [0.29, 0.717) is 19.5 Å². The second-order valence-electron chi connectivity index (χ2n) is 7.50. The van der Waals surface area contributed by atoms with Crippen molar-refractivity contribution >= 4 is 17.9 Å². The van der Waals surface area contributed by atoms with E-state index in [0.717, 1.165) is 24.8 Å². The van der Waals surface area contributed by atoms with Crippen molar-refractivity contribution in [1.82, 2.24) is 15.1 Å². The minimum absolute atomic E-state index is 0.0351. The topological polar surface area (TPSA) is 79.0 Å². The van der Waals surface area contributed by atoms with Gasteiger partial charge in [0.05, 0.1) is 25.1 Å². The fourth-order valence-corrected chi connectivity index (χ4v) is 4.30. The molecule has 2 fully saturated rings. The molecule has 3 amide bonds. The molecule has 7 nitrogen and oxygen atoms in total. The number of amides is 3. The summed E-state index contributed by atoms with van der Waals surface area (Å²) in [6, 6.07) is 8.85. The van der Waals surface area contributed by atoms with E-state index in [4.69, 9.17) is 4.74 Å². The number of esters is 1. The van der Waals surface area contributed by atoms with Crippen molar-refractivity contribution in [2.75, 3.05) is 26.7 Å². The largest absolute Gasteiger partial charge is 0.469 e. The average molecular weight is 387 g/mol. The predicted octanol–water partition coefficient (Wildman–Crippen LogP) is 2.33. The predicted molar refractivity (Wildman–Crippen MR) is 104 cm³/mol. The highest BCUT2D eigenvalue weighted by Crippen LogP contribution is 2.43. The van der Waals surface area contributed by atoms with Gasteiger partial charge in [0, 0.05) is 13.1 Å². The van der Waals surface area contributed by atoms with Gasteiger partial charge in [-0.2, -0.15) is 0 Å². The molecule has 2 heterocycles. The first-order chi connectivity index (χ1) is 13.6. The van der Waals surface area contributed by atoms with Crippen molar-refractivity contribution in [1.29, 1.82) is 0 Å².